The molecule has 0 saturated heterocycles. The zero-order chi connectivity index (χ0) is 7.56. The van der Waals surface area contributed by atoms with Crippen LogP contribution in [-0.4, -0.2) is 18.2 Å². The second-order valence-electron chi connectivity index (χ2n) is 2.29. The van der Waals surface area contributed by atoms with Gasteiger partial charge in [0.05, 0.1) is 11.6 Å². The van der Waals surface area contributed by atoms with E-state index in [1.807, 2.05) is 0 Å². The fourth-order valence-electron chi connectivity index (χ4n) is 0.784. The number of rotatable bonds is 2. The molecule has 1 unspecified atom stereocenters. The van der Waals surface area contributed by atoms with Gasteiger partial charge in [0.1, 0.15) is 6.61 Å². The Morgan fingerprint density at radius 3 is 3.00 bits per heavy atom. The van der Waals surface area contributed by atoms with Gasteiger partial charge < -0.3 is 10.6 Å². The Hall–Kier alpha value is -1.06. The normalized spacial score (nSPS) is 19.5. The first-order chi connectivity index (χ1) is 4.72. The number of primary amides is 1. The van der Waals surface area contributed by atoms with Crippen LogP contribution in [0.2, 0.25) is 0 Å². The molecule has 0 saturated carbocycles. The molecule has 1 aliphatic heterocycles. The molecule has 0 radical (unpaired) electrons. The topological polar surface area (TPSA) is 64.7 Å². The van der Waals surface area contributed by atoms with Crippen LogP contribution in [0.3, 0.4) is 0 Å². The molecule has 0 aliphatic carbocycles. The third kappa shape index (κ3) is 1.26. The lowest BCUT2D eigenvalue weighted by atomic mass is 10.0. The summed E-state index contributed by atoms with van der Waals surface area (Å²) < 4.78 is 0. The van der Waals surface area contributed by atoms with Crippen molar-refractivity contribution in [1.82, 2.24) is 0 Å². The number of amides is 1. The number of hydrogen-bond acceptors (Lipinski definition) is 3. The van der Waals surface area contributed by atoms with Crippen molar-refractivity contribution in [2.75, 3.05) is 6.61 Å². The van der Waals surface area contributed by atoms with Crippen molar-refractivity contribution in [3.8, 4) is 0 Å². The first kappa shape index (κ1) is 7.05. The molecule has 0 spiro atoms. The van der Waals surface area contributed by atoms with Crippen molar-refractivity contribution in [1.29, 1.82) is 0 Å². The van der Waals surface area contributed by atoms with Crippen LogP contribution in [0, 0.1) is 5.92 Å². The monoisotopic (exact) mass is 142 g/mol. The SMILES string of the molecule is CC(C(N)=O)C1=NOCC1. The number of oxime groups is 1. The molecule has 1 rings (SSSR count). The summed E-state index contributed by atoms with van der Waals surface area (Å²) in [5.41, 5.74) is 5.80. The summed E-state index contributed by atoms with van der Waals surface area (Å²) in [5.74, 6) is -0.619. The number of nitrogens with zero attached hydrogens (tertiary/aromatic N) is 1. The average Bonchev–Trinajstić information content (AvgIpc) is 2.36. The number of carbonyl (C=O) groups excluding carboxylic acids is 1. The second kappa shape index (κ2) is 2.68. The van der Waals surface area contributed by atoms with Crippen molar-refractivity contribution < 1.29 is 9.63 Å². The molecular weight excluding hydrogens is 132 g/mol. The molecule has 4 nitrogen and oxygen atoms in total. The van der Waals surface area contributed by atoms with Crippen molar-refractivity contribution in [2.45, 2.75) is 13.3 Å². The molecule has 1 aliphatic rings. The van der Waals surface area contributed by atoms with Crippen molar-refractivity contribution in [3.63, 3.8) is 0 Å². The fraction of sp³-hybridized carbons (Fsp3) is 0.667. The summed E-state index contributed by atoms with van der Waals surface area (Å²) in [6.07, 6.45) is 0.726. The summed E-state index contributed by atoms with van der Waals surface area (Å²) in [6.45, 7) is 2.31. The summed E-state index contributed by atoms with van der Waals surface area (Å²) in [4.78, 5) is 15.3. The van der Waals surface area contributed by atoms with Crippen LogP contribution in [0.5, 0.6) is 0 Å². The molecule has 0 aromatic carbocycles. The smallest absolute Gasteiger partial charge is 0.226 e. The quantitative estimate of drug-likeness (QED) is 0.584. The lowest BCUT2D eigenvalue weighted by molar-refractivity contribution is -0.119. The summed E-state index contributed by atoms with van der Waals surface area (Å²) >= 11 is 0. The van der Waals surface area contributed by atoms with Gasteiger partial charge in [-0.2, -0.15) is 0 Å². The number of nitrogens with two attached hydrogens (primary N) is 1. The molecule has 10 heavy (non-hydrogen) atoms. The van der Waals surface area contributed by atoms with Crippen LogP contribution < -0.4 is 5.73 Å². The molecule has 2 N–H and O–H groups in total. The highest BCUT2D eigenvalue weighted by Crippen LogP contribution is 2.08. The zero-order valence-electron chi connectivity index (χ0n) is 5.83. The highest BCUT2D eigenvalue weighted by molar-refractivity contribution is 6.03. The predicted octanol–water partition coefficient (Wildman–Crippen LogP) is -0.116. The van der Waals surface area contributed by atoms with Gasteiger partial charge in [-0.15, -0.1) is 0 Å². The molecule has 4 heteroatoms. The number of hydrogen-bond donors (Lipinski definition) is 1. The first-order valence-electron chi connectivity index (χ1n) is 3.20. The largest absolute Gasteiger partial charge is 0.395 e. The molecule has 0 aromatic heterocycles. The Morgan fingerprint density at radius 1 is 1.90 bits per heavy atom. The van der Waals surface area contributed by atoms with Crippen molar-refractivity contribution in [2.24, 2.45) is 16.8 Å². The van der Waals surface area contributed by atoms with E-state index < -0.39 is 0 Å². The Bertz CT molecular complexity index is 177. The zero-order valence-corrected chi connectivity index (χ0v) is 5.83. The lowest BCUT2D eigenvalue weighted by Gasteiger charge is -2.02. The van der Waals surface area contributed by atoms with Gasteiger partial charge in [0.2, 0.25) is 5.91 Å². The van der Waals surface area contributed by atoms with Crippen LogP contribution in [0.25, 0.3) is 0 Å². The van der Waals surface area contributed by atoms with Crippen molar-refractivity contribution >= 4 is 11.6 Å². The van der Waals surface area contributed by atoms with Gasteiger partial charge in [0.15, 0.2) is 0 Å². The van der Waals surface area contributed by atoms with Gasteiger partial charge >= 0.3 is 0 Å². The van der Waals surface area contributed by atoms with E-state index in [4.69, 9.17) is 10.6 Å². The van der Waals surface area contributed by atoms with Crippen LogP contribution in [0.1, 0.15) is 13.3 Å². The molecule has 56 valence electrons. The minimum absolute atomic E-state index is 0.275. The van der Waals surface area contributed by atoms with Gasteiger partial charge in [-0.25, -0.2) is 0 Å². The van der Waals surface area contributed by atoms with E-state index in [0.717, 1.165) is 12.1 Å². The van der Waals surface area contributed by atoms with Gasteiger partial charge in [-0.05, 0) is 6.92 Å². The van der Waals surface area contributed by atoms with E-state index in [1.54, 1.807) is 6.92 Å². The van der Waals surface area contributed by atoms with E-state index in [2.05, 4.69) is 5.16 Å². The third-order valence-electron chi connectivity index (χ3n) is 1.56. The van der Waals surface area contributed by atoms with Crippen LogP contribution >= 0.6 is 0 Å². The second-order valence-corrected chi connectivity index (χ2v) is 2.29. The average molecular weight is 142 g/mol. The van der Waals surface area contributed by atoms with Gasteiger partial charge in [-0.3, -0.25) is 4.79 Å². The van der Waals surface area contributed by atoms with Crippen LogP contribution in [-0.2, 0) is 9.63 Å². The maximum Gasteiger partial charge on any atom is 0.226 e. The Labute approximate surface area is 59.0 Å². The van der Waals surface area contributed by atoms with Crippen molar-refractivity contribution in [3.05, 3.63) is 0 Å². The molecule has 1 atom stereocenters. The Morgan fingerprint density at radius 2 is 2.60 bits per heavy atom. The van der Waals surface area contributed by atoms with Crippen LogP contribution in [0.15, 0.2) is 5.16 Å². The molecule has 0 bridgehead atoms. The maximum absolute atomic E-state index is 10.6. The highest BCUT2D eigenvalue weighted by atomic mass is 16.6. The summed E-state index contributed by atoms with van der Waals surface area (Å²) in [6, 6.07) is 0. The fourth-order valence-corrected chi connectivity index (χ4v) is 0.784. The Balaban J connectivity index is 2.55. The van der Waals surface area contributed by atoms with Gasteiger partial charge in [-0.1, -0.05) is 5.16 Å². The minimum atomic E-state index is -0.343. The highest BCUT2D eigenvalue weighted by Gasteiger charge is 2.19. The standard InChI is InChI=1S/C6H10N2O2/c1-4(6(7)9)5-2-3-10-8-5/h4H,2-3H2,1H3,(H2,7,9). The minimum Gasteiger partial charge on any atom is -0.395 e. The molecule has 1 amide bonds. The van der Waals surface area contributed by atoms with Crippen LogP contribution in [0.4, 0.5) is 0 Å². The van der Waals surface area contributed by atoms with E-state index in [9.17, 15) is 4.79 Å². The maximum atomic E-state index is 10.6. The lowest BCUT2D eigenvalue weighted by Crippen LogP contribution is -2.26. The summed E-state index contributed by atoms with van der Waals surface area (Å²) in [7, 11) is 0. The van der Waals surface area contributed by atoms with Gasteiger partial charge in [0, 0.05) is 6.42 Å². The molecule has 0 fully saturated rings. The van der Waals surface area contributed by atoms with E-state index in [0.29, 0.717) is 6.61 Å². The summed E-state index contributed by atoms with van der Waals surface area (Å²) in [5, 5.41) is 3.67. The third-order valence-corrected chi connectivity index (χ3v) is 1.56. The number of carbonyl (C=O) groups is 1. The van der Waals surface area contributed by atoms with E-state index in [1.165, 1.54) is 0 Å². The van der Waals surface area contributed by atoms with E-state index in [-0.39, 0.29) is 11.8 Å². The predicted molar refractivity (Wildman–Crippen MR) is 36.4 cm³/mol. The molecule has 1 heterocycles. The molecular formula is C6H10N2O2. The first-order valence-corrected chi connectivity index (χ1v) is 3.20. The Kier molecular flexibility index (Phi) is 1.89. The molecule has 0 aromatic rings. The van der Waals surface area contributed by atoms with E-state index >= 15 is 0 Å². The van der Waals surface area contributed by atoms with Gasteiger partial charge in [0.25, 0.3) is 0 Å².